The number of urea groups is 1. The highest BCUT2D eigenvalue weighted by molar-refractivity contribution is 5.75. The van der Waals surface area contributed by atoms with Crippen LogP contribution in [0.1, 0.15) is 30.1 Å². The van der Waals surface area contributed by atoms with Crippen molar-refractivity contribution >= 4 is 17.1 Å². The number of likely N-dealkylation sites (tertiary alicyclic amines) is 1. The molecule has 2 amide bonds. The molecule has 2 aromatic carbocycles. The van der Waals surface area contributed by atoms with Crippen LogP contribution < -0.4 is 5.32 Å². The summed E-state index contributed by atoms with van der Waals surface area (Å²) in [7, 11) is 0. The van der Waals surface area contributed by atoms with E-state index < -0.39 is 0 Å². The molecule has 0 spiro atoms. The van der Waals surface area contributed by atoms with Gasteiger partial charge in [-0.3, -0.25) is 0 Å². The summed E-state index contributed by atoms with van der Waals surface area (Å²) in [6, 6.07) is 18.1. The minimum Gasteiger partial charge on any atom is -0.342 e. The van der Waals surface area contributed by atoms with Crippen molar-refractivity contribution in [2.24, 2.45) is 0 Å². The Hall–Kier alpha value is -2.82. The molecule has 2 heterocycles. The third-order valence-electron chi connectivity index (χ3n) is 4.79. The second-order valence-electron chi connectivity index (χ2n) is 6.57. The molecule has 1 fully saturated rings. The third-order valence-corrected chi connectivity index (χ3v) is 4.79. The molecule has 1 atom stereocenters. The maximum Gasteiger partial charge on any atom is 0.317 e. The minimum atomic E-state index is 0.00432. The van der Waals surface area contributed by atoms with Crippen LogP contribution in [0.5, 0.6) is 0 Å². The lowest BCUT2D eigenvalue weighted by Crippen LogP contribution is -2.44. The molecular formula is C20H22N4O. The maximum atomic E-state index is 12.5. The number of para-hydroxylation sites is 2. The number of carbonyl (C=O) groups excluding carboxylic acids is 1. The van der Waals surface area contributed by atoms with E-state index >= 15 is 0 Å². The van der Waals surface area contributed by atoms with E-state index in [1.165, 1.54) is 0 Å². The minimum absolute atomic E-state index is 0.00432. The standard InChI is InChI=1S/C20H22N4O/c25-20(21-13-15-7-2-1-3-8-15)24-12-6-9-16(14-24)19-22-17-10-4-5-11-18(17)23-19/h1-5,7-8,10-11,16H,6,9,12-14H2,(H,21,25)(H,22,23)/t16-/m0/s1. The average molecular weight is 334 g/mol. The van der Waals surface area contributed by atoms with Gasteiger partial charge in [0.1, 0.15) is 5.82 Å². The Balaban J connectivity index is 1.41. The molecule has 0 bridgehead atoms. The summed E-state index contributed by atoms with van der Waals surface area (Å²) < 4.78 is 0. The van der Waals surface area contributed by atoms with Gasteiger partial charge in [0.25, 0.3) is 0 Å². The Labute approximate surface area is 147 Å². The van der Waals surface area contributed by atoms with Crippen LogP contribution in [0.3, 0.4) is 0 Å². The van der Waals surface area contributed by atoms with Crippen LogP contribution in [0.15, 0.2) is 54.6 Å². The number of carbonyl (C=O) groups is 1. The number of nitrogens with zero attached hydrogens (tertiary/aromatic N) is 2. The number of hydrogen-bond acceptors (Lipinski definition) is 2. The lowest BCUT2D eigenvalue weighted by Gasteiger charge is -2.31. The number of piperidine rings is 1. The molecule has 4 rings (SSSR count). The average Bonchev–Trinajstić information content (AvgIpc) is 3.11. The van der Waals surface area contributed by atoms with Gasteiger partial charge in [-0.1, -0.05) is 42.5 Å². The fraction of sp³-hybridized carbons (Fsp3) is 0.300. The molecule has 0 unspecified atom stereocenters. The number of aromatic amines is 1. The van der Waals surface area contributed by atoms with E-state index in [2.05, 4.69) is 10.3 Å². The summed E-state index contributed by atoms with van der Waals surface area (Å²) in [6.45, 7) is 2.07. The van der Waals surface area contributed by atoms with E-state index in [0.29, 0.717) is 13.1 Å². The molecule has 5 nitrogen and oxygen atoms in total. The zero-order chi connectivity index (χ0) is 17.1. The number of hydrogen-bond donors (Lipinski definition) is 2. The van der Waals surface area contributed by atoms with E-state index in [9.17, 15) is 4.79 Å². The van der Waals surface area contributed by atoms with Gasteiger partial charge >= 0.3 is 6.03 Å². The number of H-pyrrole nitrogens is 1. The fourth-order valence-electron chi connectivity index (χ4n) is 3.44. The van der Waals surface area contributed by atoms with Crippen LogP contribution in [-0.4, -0.2) is 34.0 Å². The number of imidazole rings is 1. The van der Waals surface area contributed by atoms with E-state index in [0.717, 1.165) is 41.8 Å². The molecule has 0 saturated carbocycles. The van der Waals surface area contributed by atoms with Crippen LogP contribution in [0.25, 0.3) is 11.0 Å². The van der Waals surface area contributed by atoms with Crippen molar-refractivity contribution < 1.29 is 4.79 Å². The summed E-state index contributed by atoms with van der Waals surface area (Å²) in [5, 5.41) is 3.02. The normalized spacial score (nSPS) is 17.6. The zero-order valence-corrected chi connectivity index (χ0v) is 14.1. The molecular weight excluding hydrogens is 312 g/mol. The summed E-state index contributed by atoms with van der Waals surface area (Å²) in [5.41, 5.74) is 3.16. The Morgan fingerprint density at radius 1 is 1.16 bits per heavy atom. The lowest BCUT2D eigenvalue weighted by molar-refractivity contribution is 0.178. The van der Waals surface area contributed by atoms with Crippen LogP contribution >= 0.6 is 0 Å². The molecule has 2 N–H and O–H groups in total. The molecule has 1 aliphatic rings. The van der Waals surface area contributed by atoms with E-state index in [-0.39, 0.29) is 11.9 Å². The fourth-order valence-corrected chi connectivity index (χ4v) is 3.44. The molecule has 1 saturated heterocycles. The first-order chi connectivity index (χ1) is 12.3. The van der Waals surface area contributed by atoms with Gasteiger partial charge in [-0.05, 0) is 30.5 Å². The van der Waals surface area contributed by atoms with Gasteiger partial charge in [-0.2, -0.15) is 0 Å². The first kappa shape index (κ1) is 15.7. The Kier molecular flexibility index (Phi) is 4.37. The first-order valence-electron chi connectivity index (χ1n) is 8.81. The van der Waals surface area contributed by atoms with Crippen molar-refractivity contribution in [3.63, 3.8) is 0 Å². The van der Waals surface area contributed by atoms with Crippen LogP contribution in [-0.2, 0) is 6.54 Å². The molecule has 0 radical (unpaired) electrons. The number of fused-ring (bicyclic) bond motifs is 1. The highest BCUT2D eigenvalue weighted by atomic mass is 16.2. The summed E-state index contributed by atoms with van der Waals surface area (Å²) in [4.78, 5) is 22.5. The van der Waals surface area contributed by atoms with Crippen molar-refractivity contribution in [1.29, 1.82) is 0 Å². The SMILES string of the molecule is O=C(NCc1ccccc1)N1CCC[C@H](c2nc3ccccc3[nH]2)C1. The number of nitrogens with one attached hydrogen (secondary N) is 2. The summed E-state index contributed by atoms with van der Waals surface area (Å²) in [5.74, 6) is 1.25. The first-order valence-corrected chi connectivity index (χ1v) is 8.81. The Morgan fingerprint density at radius 2 is 1.96 bits per heavy atom. The van der Waals surface area contributed by atoms with Gasteiger partial charge in [0, 0.05) is 25.6 Å². The molecule has 0 aliphatic carbocycles. The molecule has 3 aromatic rings. The summed E-state index contributed by atoms with van der Waals surface area (Å²) >= 11 is 0. The predicted molar refractivity (Wildman–Crippen MR) is 98.3 cm³/mol. The quantitative estimate of drug-likeness (QED) is 0.768. The zero-order valence-electron chi connectivity index (χ0n) is 14.1. The highest BCUT2D eigenvalue weighted by Gasteiger charge is 2.26. The molecule has 5 heteroatoms. The van der Waals surface area contributed by atoms with Gasteiger partial charge in [-0.25, -0.2) is 9.78 Å². The van der Waals surface area contributed by atoms with Crippen molar-refractivity contribution in [2.75, 3.05) is 13.1 Å². The number of benzene rings is 2. The second kappa shape index (κ2) is 6.97. The number of rotatable bonds is 3. The van der Waals surface area contributed by atoms with Gasteiger partial charge in [0.2, 0.25) is 0 Å². The van der Waals surface area contributed by atoms with Crippen molar-refractivity contribution in [3.8, 4) is 0 Å². The Bertz CT molecular complexity index is 825. The number of aromatic nitrogens is 2. The van der Waals surface area contributed by atoms with Crippen LogP contribution in [0.2, 0.25) is 0 Å². The van der Waals surface area contributed by atoms with Gasteiger partial charge in [0.15, 0.2) is 0 Å². The van der Waals surface area contributed by atoms with Crippen molar-refractivity contribution in [2.45, 2.75) is 25.3 Å². The summed E-state index contributed by atoms with van der Waals surface area (Å²) in [6.07, 6.45) is 2.06. The van der Waals surface area contributed by atoms with E-state index in [1.807, 2.05) is 59.5 Å². The van der Waals surface area contributed by atoms with Gasteiger partial charge in [0.05, 0.1) is 11.0 Å². The third kappa shape index (κ3) is 3.50. The maximum absolute atomic E-state index is 12.5. The highest BCUT2D eigenvalue weighted by Crippen LogP contribution is 2.26. The molecule has 1 aliphatic heterocycles. The second-order valence-corrected chi connectivity index (χ2v) is 6.57. The lowest BCUT2D eigenvalue weighted by atomic mass is 9.97. The topological polar surface area (TPSA) is 61.0 Å². The van der Waals surface area contributed by atoms with E-state index in [4.69, 9.17) is 4.98 Å². The van der Waals surface area contributed by atoms with Gasteiger partial charge < -0.3 is 15.2 Å². The van der Waals surface area contributed by atoms with Crippen LogP contribution in [0, 0.1) is 0 Å². The van der Waals surface area contributed by atoms with Crippen LogP contribution in [0.4, 0.5) is 4.79 Å². The van der Waals surface area contributed by atoms with Crippen molar-refractivity contribution in [1.82, 2.24) is 20.2 Å². The van der Waals surface area contributed by atoms with Gasteiger partial charge in [-0.15, -0.1) is 0 Å². The molecule has 1 aromatic heterocycles. The van der Waals surface area contributed by atoms with E-state index in [1.54, 1.807) is 0 Å². The predicted octanol–water partition coefficient (Wildman–Crippen LogP) is 3.65. The smallest absolute Gasteiger partial charge is 0.317 e. The molecule has 25 heavy (non-hydrogen) atoms. The number of amides is 2. The molecule has 128 valence electrons. The largest absolute Gasteiger partial charge is 0.342 e. The van der Waals surface area contributed by atoms with Crippen molar-refractivity contribution in [3.05, 3.63) is 66.0 Å². The monoisotopic (exact) mass is 334 g/mol. The Morgan fingerprint density at radius 3 is 2.80 bits per heavy atom.